The van der Waals surface area contributed by atoms with Crippen LogP contribution in [0.1, 0.15) is 64.7 Å². The van der Waals surface area contributed by atoms with Crippen molar-refractivity contribution in [2.75, 3.05) is 6.61 Å². The highest BCUT2D eigenvalue weighted by atomic mass is 32.2. The summed E-state index contributed by atoms with van der Waals surface area (Å²) in [4.78, 5) is 0. The topological polar surface area (TPSA) is 55.9 Å². The van der Waals surface area contributed by atoms with Crippen molar-refractivity contribution in [3.8, 4) is 0 Å². The molecule has 1 heterocycles. The number of hydrogen-bond donors (Lipinski definition) is 0. The molecular formula is C14H25F3O4S. The van der Waals surface area contributed by atoms with E-state index in [9.17, 15) is 21.6 Å². The molecule has 1 aliphatic heterocycles. The van der Waals surface area contributed by atoms with Gasteiger partial charge in [0, 0.05) is 0 Å². The zero-order valence-electron chi connectivity index (χ0n) is 12.9. The van der Waals surface area contributed by atoms with Gasteiger partial charge in [-0.15, -0.1) is 0 Å². The Morgan fingerprint density at radius 3 is 2.05 bits per heavy atom. The highest BCUT2D eigenvalue weighted by Gasteiger charge is 2.49. The Kier molecular flexibility index (Phi) is 8.13. The first kappa shape index (κ1) is 19.7. The van der Waals surface area contributed by atoms with Gasteiger partial charge in [-0.05, 0) is 6.42 Å². The number of halogens is 3. The van der Waals surface area contributed by atoms with E-state index in [1.54, 1.807) is 0 Å². The SMILES string of the molecule is CCCCCCCCCC[C@@H]1O[C@@H]1COS(=O)(=O)C(F)(F)F. The lowest BCUT2D eigenvalue weighted by molar-refractivity contribution is -0.0544. The van der Waals surface area contributed by atoms with Crippen molar-refractivity contribution in [3.05, 3.63) is 0 Å². The predicted molar refractivity (Wildman–Crippen MR) is 76.8 cm³/mol. The molecule has 0 N–H and O–H groups in total. The van der Waals surface area contributed by atoms with Gasteiger partial charge in [-0.1, -0.05) is 58.3 Å². The van der Waals surface area contributed by atoms with Gasteiger partial charge in [-0.2, -0.15) is 21.6 Å². The Labute approximate surface area is 130 Å². The summed E-state index contributed by atoms with van der Waals surface area (Å²) in [6.45, 7) is 1.62. The number of alkyl halides is 3. The molecule has 0 radical (unpaired) electrons. The van der Waals surface area contributed by atoms with Crippen LogP contribution in [0.3, 0.4) is 0 Å². The summed E-state index contributed by atoms with van der Waals surface area (Å²) in [5.41, 5.74) is -5.37. The van der Waals surface area contributed by atoms with Crippen molar-refractivity contribution in [2.24, 2.45) is 0 Å². The molecule has 0 amide bonds. The monoisotopic (exact) mass is 346 g/mol. The van der Waals surface area contributed by atoms with Crippen LogP contribution < -0.4 is 0 Å². The molecule has 0 aliphatic carbocycles. The first-order valence-corrected chi connectivity index (χ1v) is 9.30. The van der Waals surface area contributed by atoms with E-state index in [0.29, 0.717) is 0 Å². The Morgan fingerprint density at radius 1 is 0.955 bits per heavy atom. The van der Waals surface area contributed by atoms with Crippen molar-refractivity contribution < 1.29 is 30.5 Å². The molecule has 0 bridgehead atoms. The Bertz CT molecular complexity index is 409. The van der Waals surface area contributed by atoms with Crippen LogP contribution in [0.15, 0.2) is 0 Å². The molecule has 8 heteroatoms. The Balaban J connectivity index is 1.99. The lowest BCUT2D eigenvalue weighted by Crippen LogP contribution is -2.27. The third kappa shape index (κ3) is 7.28. The maximum Gasteiger partial charge on any atom is 0.523 e. The van der Waals surface area contributed by atoms with Gasteiger partial charge in [0.1, 0.15) is 6.10 Å². The molecule has 22 heavy (non-hydrogen) atoms. The zero-order chi connectivity index (χ0) is 16.6. The summed E-state index contributed by atoms with van der Waals surface area (Å²) >= 11 is 0. The molecule has 0 aromatic carbocycles. The molecule has 0 unspecified atom stereocenters. The summed E-state index contributed by atoms with van der Waals surface area (Å²) in [6.07, 6.45) is 9.46. The maximum atomic E-state index is 12.0. The molecule has 0 aromatic heterocycles. The second-order valence-electron chi connectivity index (χ2n) is 5.66. The average molecular weight is 346 g/mol. The Hall–Kier alpha value is -0.340. The van der Waals surface area contributed by atoms with Crippen LogP contribution in [0.4, 0.5) is 13.2 Å². The van der Waals surface area contributed by atoms with Crippen LogP contribution in [-0.4, -0.2) is 32.7 Å². The van der Waals surface area contributed by atoms with Gasteiger partial charge in [0.05, 0.1) is 12.7 Å². The fourth-order valence-corrected chi connectivity index (χ4v) is 2.73. The van der Waals surface area contributed by atoms with Crippen LogP contribution in [0.2, 0.25) is 0 Å². The number of ether oxygens (including phenoxy) is 1. The minimum Gasteiger partial charge on any atom is -0.367 e. The van der Waals surface area contributed by atoms with Crippen molar-refractivity contribution >= 4 is 10.1 Å². The molecular weight excluding hydrogens is 321 g/mol. The molecule has 2 atom stereocenters. The van der Waals surface area contributed by atoms with E-state index in [0.717, 1.165) is 25.7 Å². The second kappa shape index (κ2) is 9.08. The molecule has 1 rings (SSSR count). The number of epoxide rings is 1. The van der Waals surface area contributed by atoms with Gasteiger partial charge in [-0.3, -0.25) is 4.18 Å². The van der Waals surface area contributed by atoms with Crippen molar-refractivity contribution in [1.29, 1.82) is 0 Å². The third-order valence-electron chi connectivity index (χ3n) is 3.70. The molecule has 0 saturated carbocycles. The first-order valence-electron chi connectivity index (χ1n) is 7.89. The summed E-state index contributed by atoms with van der Waals surface area (Å²) in [5.74, 6) is 0. The van der Waals surface area contributed by atoms with Gasteiger partial charge in [0.2, 0.25) is 0 Å². The normalized spacial score (nSPS) is 22.0. The molecule has 132 valence electrons. The largest absolute Gasteiger partial charge is 0.523 e. The van der Waals surface area contributed by atoms with Crippen LogP contribution >= 0.6 is 0 Å². The van der Waals surface area contributed by atoms with Crippen molar-refractivity contribution in [2.45, 2.75) is 82.4 Å². The molecule has 1 aliphatic rings. The molecule has 1 fully saturated rings. The minimum atomic E-state index is -5.50. The zero-order valence-corrected chi connectivity index (χ0v) is 13.7. The number of unbranched alkanes of at least 4 members (excludes halogenated alkanes) is 7. The maximum absolute atomic E-state index is 12.0. The Morgan fingerprint density at radius 2 is 1.50 bits per heavy atom. The van der Waals surface area contributed by atoms with Gasteiger partial charge in [0.15, 0.2) is 0 Å². The van der Waals surface area contributed by atoms with Crippen LogP contribution in [-0.2, 0) is 19.0 Å². The van der Waals surface area contributed by atoms with Gasteiger partial charge < -0.3 is 4.74 Å². The molecule has 1 saturated heterocycles. The van der Waals surface area contributed by atoms with Gasteiger partial charge in [0.25, 0.3) is 0 Å². The fourth-order valence-electron chi connectivity index (χ4n) is 2.28. The van der Waals surface area contributed by atoms with Crippen LogP contribution in [0.25, 0.3) is 0 Å². The lowest BCUT2D eigenvalue weighted by atomic mass is 10.1. The quantitative estimate of drug-likeness (QED) is 0.230. The van der Waals surface area contributed by atoms with Gasteiger partial charge in [-0.25, -0.2) is 0 Å². The van der Waals surface area contributed by atoms with Gasteiger partial charge >= 0.3 is 15.6 Å². The molecule has 0 aromatic rings. The first-order chi connectivity index (χ1) is 10.3. The highest BCUT2D eigenvalue weighted by molar-refractivity contribution is 7.87. The van der Waals surface area contributed by atoms with E-state index in [1.807, 2.05) is 0 Å². The van der Waals surface area contributed by atoms with E-state index in [4.69, 9.17) is 4.74 Å². The smallest absolute Gasteiger partial charge is 0.367 e. The van der Waals surface area contributed by atoms with E-state index < -0.39 is 28.3 Å². The van der Waals surface area contributed by atoms with Crippen molar-refractivity contribution in [1.82, 2.24) is 0 Å². The van der Waals surface area contributed by atoms with E-state index in [-0.39, 0.29) is 6.10 Å². The third-order valence-corrected chi connectivity index (χ3v) is 4.71. The summed E-state index contributed by atoms with van der Waals surface area (Å²) in [6, 6.07) is 0. The lowest BCUT2D eigenvalue weighted by Gasteiger charge is -2.06. The molecule has 4 nitrogen and oxygen atoms in total. The molecule has 0 spiro atoms. The fraction of sp³-hybridized carbons (Fsp3) is 1.00. The average Bonchev–Trinajstić information content (AvgIpc) is 3.17. The number of hydrogen-bond acceptors (Lipinski definition) is 4. The van der Waals surface area contributed by atoms with E-state index >= 15 is 0 Å². The predicted octanol–water partition coefficient (Wildman–Crippen LogP) is 4.15. The second-order valence-corrected chi connectivity index (χ2v) is 7.27. The summed E-state index contributed by atoms with van der Waals surface area (Å²) < 4.78 is 66.6. The summed E-state index contributed by atoms with van der Waals surface area (Å²) in [7, 11) is -5.50. The van der Waals surface area contributed by atoms with Crippen LogP contribution in [0.5, 0.6) is 0 Å². The van der Waals surface area contributed by atoms with Crippen LogP contribution in [0, 0.1) is 0 Å². The minimum absolute atomic E-state index is 0.163. The highest BCUT2D eigenvalue weighted by Crippen LogP contribution is 2.31. The van der Waals surface area contributed by atoms with E-state index in [2.05, 4.69) is 11.1 Å². The van der Waals surface area contributed by atoms with Crippen molar-refractivity contribution in [3.63, 3.8) is 0 Å². The van der Waals surface area contributed by atoms with E-state index in [1.165, 1.54) is 32.1 Å². The summed E-state index contributed by atoms with van der Waals surface area (Å²) in [5, 5.41) is 0. The standard InChI is InChI=1S/C14H25F3O4S/c1-2-3-4-5-6-7-8-9-10-12-13(21-12)11-20-22(18,19)14(15,16)17/h12-13H,2-11H2,1H3/t12-,13+/m0/s1. The number of rotatable bonds is 12.